The van der Waals surface area contributed by atoms with Crippen molar-refractivity contribution in [1.82, 2.24) is 0 Å². The summed E-state index contributed by atoms with van der Waals surface area (Å²) in [6.07, 6.45) is 0.649. The molecular weight excluding hydrogens is 426 g/mol. The number of aryl methyl sites for hydroxylation is 1. The zero-order valence-electron chi connectivity index (χ0n) is 19.1. The highest BCUT2D eigenvalue weighted by atomic mass is 32.1. The fourth-order valence-electron chi connectivity index (χ4n) is 3.75. The number of rotatable bonds is 8. The number of nitrogens with zero attached hydrogens (tertiary/aromatic N) is 1. The standard InChI is InChI=1S/C24H29N3O4S/c1-6-17-14(5)32-23(20(17)24(29)30-9-4)26-22(28)18-12-15-10-11-16(27(7-2)8-3)13-19(15)31-21(18)25/h10-13,25H,6-9H2,1-5H3,(H,26,28). The zero-order valence-corrected chi connectivity index (χ0v) is 19.9. The van der Waals surface area contributed by atoms with E-state index in [2.05, 4.69) is 24.1 Å². The Labute approximate surface area is 191 Å². The summed E-state index contributed by atoms with van der Waals surface area (Å²) in [5.41, 5.74) is 2.67. The average molecular weight is 456 g/mol. The lowest BCUT2D eigenvalue weighted by Gasteiger charge is -2.21. The fraction of sp³-hybridized carbons (Fsp3) is 0.375. The van der Waals surface area contributed by atoms with E-state index in [1.165, 1.54) is 11.3 Å². The second-order valence-corrected chi connectivity index (χ2v) is 8.48. The number of carbonyl (C=O) groups excluding carboxylic acids is 2. The van der Waals surface area contributed by atoms with Gasteiger partial charge in [0.2, 0.25) is 5.55 Å². The Kier molecular flexibility index (Phi) is 7.35. The molecule has 0 saturated carbocycles. The van der Waals surface area contributed by atoms with Gasteiger partial charge in [-0.2, -0.15) is 0 Å². The van der Waals surface area contributed by atoms with Crippen molar-refractivity contribution in [2.24, 2.45) is 0 Å². The van der Waals surface area contributed by atoms with E-state index < -0.39 is 11.9 Å². The van der Waals surface area contributed by atoms with Gasteiger partial charge in [0.1, 0.15) is 16.1 Å². The number of hydrogen-bond donors (Lipinski definition) is 2. The van der Waals surface area contributed by atoms with Crippen LogP contribution in [0.2, 0.25) is 0 Å². The van der Waals surface area contributed by atoms with Crippen molar-refractivity contribution in [2.45, 2.75) is 41.0 Å². The van der Waals surface area contributed by atoms with Crippen LogP contribution >= 0.6 is 11.3 Å². The van der Waals surface area contributed by atoms with Crippen LogP contribution in [0.15, 0.2) is 28.7 Å². The van der Waals surface area contributed by atoms with Gasteiger partial charge in [-0.3, -0.25) is 10.2 Å². The number of esters is 1. The quantitative estimate of drug-likeness (QED) is 0.460. The van der Waals surface area contributed by atoms with Crippen molar-refractivity contribution in [3.05, 3.63) is 51.4 Å². The van der Waals surface area contributed by atoms with Crippen LogP contribution in [0, 0.1) is 12.3 Å². The molecule has 7 nitrogen and oxygen atoms in total. The van der Waals surface area contributed by atoms with Gasteiger partial charge in [-0.15, -0.1) is 11.3 Å². The Bertz CT molecular complexity index is 1210. The van der Waals surface area contributed by atoms with Gasteiger partial charge >= 0.3 is 5.97 Å². The molecule has 2 aromatic heterocycles. The molecule has 8 heteroatoms. The Morgan fingerprint density at radius 2 is 1.88 bits per heavy atom. The van der Waals surface area contributed by atoms with Gasteiger partial charge in [-0.25, -0.2) is 4.79 Å². The predicted molar refractivity (Wildman–Crippen MR) is 128 cm³/mol. The molecule has 0 fully saturated rings. The van der Waals surface area contributed by atoms with Crippen LogP contribution in [0.5, 0.6) is 0 Å². The monoisotopic (exact) mass is 455 g/mol. The molecule has 170 valence electrons. The molecule has 32 heavy (non-hydrogen) atoms. The number of nitrogens with one attached hydrogen (secondary N) is 2. The smallest absolute Gasteiger partial charge is 0.341 e. The van der Waals surface area contributed by atoms with Crippen molar-refractivity contribution < 1.29 is 18.7 Å². The van der Waals surface area contributed by atoms with E-state index in [0.717, 1.165) is 34.6 Å². The van der Waals surface area contributed by atoms with Gasteiger partial charge in [0.25, 0.3) is 5.91 Å². The summed E-state index contributed by atoms with van der Waals surface area (Å²) in [5.74, 6) is -0.954. The maximum absolute atomic E-state index is 13.0. The second kappa shape index (κ2) is 9.99. The first kappa shape index (κ1) is 23.5. The van der Waals surface area contributed by atoms with E-state index in [0.29, 0.717) is 22.6 Å². The lowest BCUT2D eigenvalue weighted by molar-refractivity contribution is 0.0527. The number of amides is 1. The highest BCUT2D eigenvalue weighted by Crippen LogP contribution is 2.34. The molecule has 0 bridgehead atoms. The first-order chi connectivity index (χ1) is 15.3. The van der Waals surface area contributed by atoms with Crippen LogP contribution < -0.4 is 15.8 Å². The lowest BCUT2D eigenvalue weighted by atomic mass is 10.1. The maximum atomic E-state index is 13.0. The third-order valence-electron chi connectivity index (χ3n) is 5.40. The summed E-state index contributed by atoms with van der Waals surface area (Å²) in [4.78, 5) is 28.7. The first-order valence-corrected chi connectivity index (χ1v) is 11.6. The van der Waals surface area contributed by atoms with E-state index in [-0.39, 0.29) is 17.7 Å². The molecule has 2 heterocycles. The van der Waals surface area contributed by atoms with Gasteiger partial charge in [0.05, 0.1) is 12.2 Å². The number of anilines is 2. The molecular formula is C24H29N3O4S. The van der Waals surface area contributed by atoms with E-state index in [4.69, 9.17) is 14.6 Å². The Morgan fingerprint density at radius 1 is 1.16 bits per heavy atom. The number of hydrogen-bond acceptors (Lipinski definition) is 7. The summed E-state index contributed by atoms with van der Waals surface area (Å²) < 4.78 is 10.9. The summed E-state index contributed by atoms with van der Waals surface area (Å²) in [5, 5.41) is 12.2. The summed E-state index contributed by atoms with van der Waals surface area (Å²) >= 11 is 1.33. The van der Waals surface area contributed by atoms with Crippen LogP contribution in [0.4, 0.5) is 10.7 Å². The molecule has 3 rings (SSSR count). The van der Waals surface area contributed by atoms with Crippen LogP contribution in [0.1, 0.15) is 58.9 Å². The summed E-state index contributed by atoms with van der Waals surface area (Å²) in [6, 6.07) is 7.40. The van der Waals surface area contributed by atoms with Gasteiger partial charge in [-0.1, -0.05) is 6.92 Å². The molecule has 3 aromatic rings. The molecule has 2 N–H and O–H groups in total. The van der Waals surface area contributed by atoms with E-state index in [9.17, 15) is 9.59 Å². The van der Waals surface area contributed by atoms with Gasteiger partial charge in [0.15, 0.2) is 0 Å². The molecule has 0 aliphatic carbocycles. The van der Waals surface area contributed by atoms with Crippen molar-refractivity contribution >= 4 is 44.9 Å². The fourth-order valence-corrected chi connectivity index (χ4v) is 4.88. The number of ether oxygens (including phenoxy) is 1. The van der Waals surface area contributed by atoms with Crippen LogP contribution in [-0.2, 0) is 11.2 Å². The predicted octanol–water partition coefficient (Wildman–Crippen LogP) is 5.12. The topological polar surface area (TPSA) is 95.6 Å². The number of thiophene rings is 1. The highest BCUT2D eigenvalue weighted by Gasteiger charge is 2.24. The average Bonchev–Trinajstić information content (AvgIpc) is 3.08. The lowest BCUT2D eigenvalue weighted by Crippen LogP contribution is -2.22. The minimum absolute atomic E-state index is 0.104. The minimum Gasteiger partial charge on any atom is -0.462 e. The summed E-state index contributed by atoms with van der Waals surface area (Å²) in [6.45, 7) is 11.7. The van der Waals surface area contributed by atoms with Crippen LogP contribution in [0.3, 0.4) is 0 Å². The minimum atomic E-state index is -0.497. The Balaban J connectivity index is 1.97. The van der Waals surface area contributed by atoms with Crippen molar-refractivity contribution in [2.75, 3.05) is 29.9 Å². The van der Waals surface area contributed by atoms with Crippen molar-refractivity contribution in [3.8, 4) is 0 Å². The van der Waals surface area contributed by atoms with Gasteiger partial charge in [0, 0.05) is 35.1 Å². The molecule has 0 aliphatic heterocycles. The number of benzene rings is 1. The van der Waals surface area contributed by atoms with E-state index in [1.807, 2.05) is 32.0 Å². The SMILES string of the molecule is CCOC(=O)c1c(NC(=O)c2cc3ccc(N(CC)CC)cc3oc2=N)sc(C)c1CC. The molecule has 0 unspecified atom stereocenters. The van der Waals surface area contributed by atoms with E-state index >= 15 is 0 Å². The van der Waals surface area contributed by atoms with Gasteiger partial charge in [-0.05, 0) is 57.9 Å². The molecule has 0 aliphatic rings. The molecule has 1 amide bonds. The number of carbonyl (C=O) groups is 2. The van der Waals surface area contributed by atoms with Crippen molar-refractivity contribution in [3.63, 3.8) is 0 Å². The summed E-state index contributed by atoms with van der Waals surface area (Å²) in [7, 11) is 0. The molecule has 0 radical (unpaired) electrons. The number of fused-ring (bicyclic) bond motifs is 1. The van der Waals surface area contributed by atoms with Crippen LogP contribution in [-0.4, -0.2) is 31.6 Å². The Hall–Kier alpha value is -3.13. The molecule has 0 atom stereocenters. The normalized spacial score (nSPS) is 10.9. The third-order valence-corrected chi connectivity index (χ3v) is 6.46. The van der Waals surface area contributed by atoms with E-state index in [1.54, 1.807) is 13.0 Å². The second-order valence-electron chi connectivity index (χ2n) is 7.25. The maximum Gasteiger partial charge on any atom is 0.341 e. The van der Waals surface area contributed by atoms with Crippen LogP contribution in [0.25, 0.3) is 11.0 Å². The Morgan fingerprint density at radius 3 is 2.50 bits per heavy atom. The zero-order chi connectivity index (χ0) is 23.4. The largest absolute Gasteiger partial charge is 0.462 e. The first-order valence-electron chi connectivity index (χ1n) is 10.8. The third kappa shape index (κ3) is 4.55. The highest BCUT2D eigenvalue weighted by molar-refractivity contribution is 7.16. The molecule has 0 saturated heterocycles. The van der Waals surface area contributed by atoms with Crippen molar-refractivity contribution in [1.29, 1.82) is 5.41 Å². The molecule has 0 spiro atoms. The van der Waals surface area contributed by atoms with Gasteiger partial charge < -0.3 is 19.4 Å². The molecule has 1 aromatic carbocycles.